The Morgan fingerprint density at radius 3 is 2.61 bits per heavy atom. The van der Waals surface area contributed by atoms with Crippen molar-refractivity contribution in [2.45, 2.75) is 20.4 Å². The zero-order valence-corrected chi connectivity index (χ0v) is 10.6. The fourth-order valence-corrected chi connectivity index (χ4v) is 1.90. The summed E-state index contributed by atoms with van der Waals surface area (Å²) in [6, 6.07) is 11.1. The van der Waals surface area contributed by atoms with Crippen LogP contribution in [0.4, 0.5) is 15.8 Å². The number of hydrogen-bond donors (Lipinski definition) is 2. The zero-order valence-electron chi connectivity index (χ0n) is 10.6. The van der Waals surface area contributed by atoms with Crippen LogP contribution in [-0.2, 0) is 6.54 Å². The number of anilines is 2. The highest BCUT2D eigenvalue weighted by atomic mass is 19.1. The smallest absolute Gasteiger partial charge is 0.129 e. The standard InChI is InChI=1S/C15H17FN2/c1-10-6-7-11(2)15(8-10)18-14-5-3-4-13(16)12(14)9-17/h3-8,18H,9,17H2,1-2H3. The molecule has 94 valence electrons. The molecule has 18 heavy (non-hydrogen) atoms. The van der Waals surface area contributed by atoms with Gasteiger partial charge in [0.1, 0.15) is 5.82 Å². The van der Waals surface area contributed by atoms with Crippen molar-refractivity contribution in [2.75, 3.05) is 5.32 Å². The summed E-state index contributed by atoms with van der Waals surface area (Å²) in [7, 11) is 0. The van der Waals surface area contributed by atoms with Gasteiger partial charge >= 0.3 is 0 Å². The Labute approximate surface area is 107 Å². The second-order valence-electron chi connectivity index (χ2n) is 4.41. The summed E-state index contributed by atoms with van der Waals surface area (Å²) < 4.78 is 13.6. The summed E-state index contributed by atoms with van der Waals surface area (Å²) >= 11 is 0. The average molecular weight is 244 g/mol. The molecule has 0 fully saturated rings. The number of benzene rings is 2. The van der Waals surface area contributed by atoms with Gasteiger partial charge in [-0.15, -0.1) is 0 Å². The first kappa shape index (κ1) is 12.6. The number of hydrogen-bond acceptors (Lipinski definition) is 2. The van der Waals surface area contributed by atoms with Crippen molar-refractivity contribution < 1.29 is 4.39 Å². The van der Waals surface area contributed by atoms with Crippen LogP contribution in [0.3, 0.4) is 0 Å². The first-order valence-corrected chi connectivity index (χ1v) is 5.93. The van der Waals surface area contributed by atoms with Crippen LogP contribution in [0.1, 0.15) is 16.7 Å². The number of halogens is 1. The molecule has 2 aromatic carbocycles. The molecule has 0 aliphatic rings. The van der Waals surface area contributed by atoms with Crippen molar-refractivity contribution in [1.82, 2.24) is 0 Å². The van der Waals surface area contributed by atoms with Gasteiger partial charge in [-0.05, 0) is 43.2 Å². The quantitative estimate of drug-likeness (QED) is 0.865. The Kier molecular flexibility index (Phi) is 3.63. The monoisotopic (exact) mass is 244 g/mol. The fourth-order valence-electron chi connectivity index (χ4n) is 1.90. The molecule has 2 nitrogen and oxygen atoms in total. The lowest BCUT2D eigenvalue weighted by Crippen LogP contribution is -2.05. The molecule has 2 aromatic rings. The predicted octanol–water partition coefficient (Wildman–Crippen LogP) is 3.64. The van der Waals surface area contributed by atoms with Gasteiger partial charge in [-0.3, -0.25) is 0 Å². The van der Waals surface area contributed by atoms with E-state index in [-0.39, 0.29) is 12.4 Å². The molecule has 0 aromatic heterocycles. The van der Waals surface area contributed by atoms with E-state index in [4.69, 9.17) is 5.73 Å². The largest absolute Gasteiger partial charge is 0.355 e. The molecule has 0 radical (unpaired) electrons. The Balaban J connectivity index is 2.40. The maximum absolute atomic E-state index is 13.6. The molecule has 0 spiro atoms. The second-order valence-corrected chi connectivity index (χ2v) is 4.41. The molecule has 0 amide bonds. The van der Waals surface area contributed by atoms with Crippen molar-refractivity contribution in [3.8, 4) is 0 Å². The number of rotatable bonds is 3. The van der Waals surface area contributed by atoms with Crippen LogP contribution in [0.2, 0.25) is 0 Å². The third-order valence-electron chi connectivity index (χ3n) is 2.99. The molecule has 0 saturated carbocycles. The molecule has 0 aliphatic heterocycles. The van der Waals surface area contributed by atoms with Gasteiger partial charge in [-0.2, -0.15) is 0 Å². The van der Waals surface area contributed by atoms with E-state index >= 15 is 0 Å². The maximum atomic E-state index is 13.6. The minimum absolute atomic E-state index is 0.180. The minimum atomic E-state index is -0.271. The molecule has 0 unspecified atom stereocenters. The van der Waals surface area contributed by atoms with Crippen LogP contribution in [0, 0.1) is 19.7 Å². The SMILES string of the molecule is Cc1ccc(C)c(Nc2cccc(F)c2CN)c1. The maximum Gasteiger partial charge on any atom is 0.129 e. The Morgan fingerprint density at radius 2 is 1.89 bits per heavy atom. The van der Waals surface area contributed by atoms with Gasteiger partial charge in [0.2, 0.25) is 0 Å². The van der Waals surface area contributed by atoms with E-state index in [0.717, 1.165) is 22.5 Å². The van der Waals surface area contributed by atoms with Gasteiger partial charge in [0, 0.05) is 23.5 Å². The summed E-state index contributed by atoms with van der Waals surface area (Å²) in [6.07, 6.45) is 0. The molecule has 0 saturated heterocycles. The van der Waals surface area contributed by atoms with E-state index in [1.165, 1.54) is 6.07 Å². The fraction of sp³-hybridized carbons (Fsp3) is 0.200. The van der Waals surface area contributed by atoms with Crippen molar-refractivity contribution in [3.63, 3.8) is 0 Å². The van der Waals surface area contributed by atoms with E-state index in [1.807, 2.05) is 32.0 Å². The second kappa shape index (κ2) is 5.19. The highest BCUT2D eigenvalue weighted by Gasteiger charge is 2.07. The lowest BCUT2D eigenvalue weighted by atomic mass is 10.1. The molecule has 0 bridgehead atoms. The number of nitrogens with one attached hydrogen (secondary N) is 1. The first-order valence-electron chi connectivity index (χ1n) is 5.93. The molecule has 0 aliphatic carbocycles. The van der Waals surface area contributed by atoms with E-state index in [0.29, 0.717) is 5.56 Å². The third-order valence-corrected chi connectivity index (χ3v) is 2.99. The van der Waals surface area contributed by atoms with Crippen LogP contribution >= 0.6 is 0 Å². The summed E-state index contributed by atoms with van der Waals surface area (Å²) in [4.78, 5) is 0. The van der Waals surface area contributed by atoms with Crippen molar-refractivity contribution in [3.05, 3.63) is 58.9 Å². The van der Waals surface area contributed by atoms with E-state index < -0.39 is 0 Å². The normalized spacial score (nSPS) is 10.4. The molecule has 0 heterocycles. The first-order chi connectivity index (χ1) is 8.61. The van der Waals surface area contributed by atoms with Crippen LogP contribution in [0.15, 0.2) is 36.4 Å². The van der Waals surface area contributed by atoms with Crippen molar-refractivity contribution in [2.24, 2.45) is 5.73 Å². The lowest BCUT2D eigenvalue weighted by Gasteiger charge is -2.14. The Hall–Kier alpha value is -1.87. The van der Waals surface area contributed by atoms with E-state index in [2.05, 4.69) is 11.4 Å². The number of nitrogens with two attached hydrogens (primary N) is 1. The Bertz CT molecular complexity index is 564. The van der Waals surface area contributed by atoms with Crippen molar-refractivity contribution in [1.29, 1.82) is 0 Å². The molecular weight excluding hydrogens is 227 g/mol. The highest BCUT2D eigenvalue weighted by molar-refractivity contribution is 5.66. The predicted molar refractivity (Wildman–Crippen MR) is 73.5 cm³/mol. The van der Waals surface area contributed by atoms with Crippen LogP contribution < -0.4 is 11.1 Å². The van der Waals surface area contributed by atoms with Gasteiger partial charge in [0.05, 0.1) is 0 Å². The molecule has 3 N–H and O–H groups in total. The van der Waals surface area contributed by atoms with Gasteiger partial charge in [-0.1, -0.05) is 18.2 Å². The average Bonchev–Trinajstić information content (AvgIpc) is 2.34. The van der Waals surface area contributed by atoms with Gasteiger partial charge in [-0.25, -0.2) is 4.39 Å². The molecule has 3 heteroatoms. The van der Waals surface area contributed by atoms with E-state index in [9.17, 15) is 4.39 Å². The molecular formula is C15H17FN2. The summed E-state index contributed by atoms with van der Waals surface area (Å²) in [5.41, 5.74) is 10.1. The van der Waals surface area contributed by atoms with Crippen LogP contribution in [0.25, 0.3) is 0 Å². The van der Waals surface area contributed by atoms with Gasteiger partial charge in [0.15, 0.2) is 0 Å². The topological polar surface area (TPSA) is 38.0 Å². The van der Waals surface area contributed by atoms with Gasteiger partial charge < -0.3 is 11.1 Å². The number of aryl methyl sites for hydroxylation is 2. The molecule has 0 atom stereocenters. The molecule has 2 rings (SSSR count). The highest BCUT2D eigenvalue weighted by Crippen LogP contribution is 2.25. The van der Waals surface area contributed by atoms with Crippen molar-refractivity contribution >= 4 is 11.4 Å². The van der Waals surface area contributed by atoms with Crippen LogP contribution in [-0.4, -0.2) is 0 Å². The zero-order chi connectivity index (χ0) is 13.1. The van der Waals surface area contributed by atoms with E-state index in [1.54, 1.807) is 6.07 Å². The summed E-state index contributed by atoms with van der Waals surface area (Å²) in [6.45, 7) is 4.23. The lowest BCUT2D eigenvalue weighted by molar-refractivity contribution is 0.611. The summed E-state index contributed by atoms with van der Waals surface area (Å²) in [5, 5.41) is 3.25. The van der Waals surface area contributed by atoms with Crippen LogP contribution in [0.5, 0.6) is 0 Å². The summed E-state index contributed by atoms with van der Waals surface area (Å²) in [5.74, 6) is -0.271. The van der Waals surface area contributed by atoms with Gasteiger partial charge in [0.25, 0.3) is 0 Å². The third kappa shape index (κ3) is 2.51. The minimum Gasteiger partial charge on any atom is -0.355 e. The Morgan fingerprint density at radius 1 is 1.11 bits per heavy atom.